The van der Waals surface area contributed by atoms with Gasteiger partial charge in [0, 0.05) is 37.6 Å². The van der Waals surface area contributed by atoms with E-state index in [-0.39, 0.29) is 5.91 Å². The van der Waals surface area contributed by atoms with Gasteiger partial charge in [-0.25, -0.2) is 0 Å². The first-order valence-corrected chi connectivity index (χ1v) is 8.47. The van der Waals surface area contributed by atoms with Gasteiger partial charge in [-0.2, -0.15) is 0 Å². The maximum atomic E-state index is 12.3. The Bertz CT molecular complexity index is 563. The average molecular weight is 339 g/mol. The van der Waals surface area contributed by atoms with Crippen LogP contribution in [0, 0.1) is 0 Å². The number of likely N-dealkylation sites (tertiary alicyclic amines) is 1. The number of morpholine rings is 1. The molecule has 1 unspecified atom stereocenters. The highest BCUT2D eigenvalue weighted by molar-refractivity contribution is 6.30. The van der Waals surface area contributed by atoms with Crippen molar-refractivity contribution in [2.75, 3.05) is 45.9 Å². The molecule has 23 heavy (non-hydrogen) atoms. The zero-order chi connectivity index (χ0) is 16.3. The zero-order valence-corrected chi connectivity index (χ0v) is 14.0. The molecule has 2 fully saturated rings. The van der Waals surface area contributed by atoms with Crippen LogP contribution in [0.4, 0.5) is 0 Å². The molecule has 5 nitrogen and oxygen atoms in total. The van der Waals surface area contributed by atoms with Crippen LogP contribution in [0.3, 0.4) is 0 Å². The molecule has 0 aliphatic carbocycles. The SMILES string of the molecule is O=C(CN1CCC(O)(Cc2cccc(Cl)c2)C1)N1CCOCC1. The molecule has 6 heteroatoms. The third-order valence-electron chi connectivity index (χ3n) is 4.56. The van der Waals surface area contributed by atoms with Crippen molar-refractivity contribution in [2.45, 2.75) is 18.4 Å². The van der Waals surface area contributed by atoms with Crippen LogP contribution < -0.4 is 0 Å². The molecule has 1 atom stereocenters. The molecule has 126 valence electrons. The molecule has 0 aromatic heterocycles. The topological polar surface area (TPSA) is 53.0 Å². The zero-order valence-electron chi connectivity index (χ0n) is 13.2. The van der Waals surface area contributed by atoms with Crippen LogP contribution in [0.25, 0.3) is 0 Å². The van der Waals surface area contributed by atoms with Gasteiger partial charge in [0.05, 0.1) is 25.4 Å². The van der Waals surface area contributed by atoms with Crippen molar-refractivity contribution in [3.63, 3.8) is 0 Å². The van der Waals surface area contributed by atoms with E-state index in [0.717, 1.165) is 12.1 Å². The van der Waals surface area contributed by atoms with E-state index in [0.29, 0.717) is 57.3 Å². The van der Waals surface area contributed by atoms with Crippen LogP contribution in [0.15, 0.2) is 24.3 Å². The highest BCUT2D eigenvalue weighted by Crippen LogP contribution is 2.26. The molecule has 2 saturated heterocycles. The fraction of sp³-hybridized carbons (Fsp3) is 0.588. The van der Waals surface area contributed by atoms with Crippen LogP contribution in [-0.4, -0.2) is 72.4 Å². The van der Waals surface area contributed by atoms with Crippen LogP contribution in [0.5, 0.6) is 0 Å². The van der Waals surface area contributed by atoms with Crippen LogP contribution in [0.1, 0.15) is 12.0 Å². The minimum absolute atomic E-state index is 0.125. The number of aliphatic hydroxyl groups is 1. The van der Waals surface area contributed by atoms with E-state index in [2.05, 4.69) is 0 Å². The average Bonchev–Trinajstić information content (AvgIpc) is 2.88. The van der Waals surface area contributed by atoms with Gasteiger partial charge < -0.3 is 14.7 Å². The molecule has 0 bridgehead atoms. The number of carbonyl (C=O) groups is 1. The minimum atomic E-state index is -0.782. The van der Waals surface area contributed by atoms with Gasteiger partial charge in [0.25, 0.3) is 0 Å². The maximum absolute atomic E-state index is 12.3. The van der Waals surface area contributed by atoms with Crippen molar-refractivity contribution in [2.24, 2.45) is 0 Å². The van der Waals surface area contributed by atoms with Crippen molar-refractivity contribution in [1.29, 1.82) is 0 Å². The summed E-state index contributed by atoms with van der Waals surface area (Å²) in [5.41, 5.74) is 0.247. The van der Waals surface area contributed by atoms with E-state index in [9.17, 15) is 9.90 Å². The van der Waals surface area contributed by atoms with E-state index in [1.165, 1.54) is 0 Å². The molecular formula is C17H23ClN2O3. The number of ether oxygens (including phenoxy) is 1. The maximum Gasteiger partial charge on any atom is 0.236 e. The van der Waals surface area contributed by atoms with E-state index < -0.39 is 5.60 Å². The predicted octanol–water partition coefficient (Wildman–Crippen LogP) is 1.18. The number of hydrogen-bond donors (Lipinski definition) is 1. The molecule has 2 aliphatic rings. The third-order valence-corrected chi connectivity index (χ3v) is 4.79. The van der Waals surface area contributed by atoms with Gasteiger partial charge in [-0.15, -0.1) is 0 Å². The summed E-state index contributed by atoms with van der Waals surface area (Å²) in [4.78, 5) is 16.2. The van der Waals surface area contributed by atoms with Gasteiger partial charge in [-0.05, 0) is 24.1 Å². The molecule has 0 radical (unpaired) electrons. The smallest absolute Gasteiger partial charge is 0.236 e. The van der Waals surface area contributed by atoms with Gasteiger partial charge in [-0.3, -0.25) is 9.69 Å². The largest absolute Gasteiger partial charge is 0.388 e. The lowest BCUT2D eigenvalue weighted by atomic mass is 9.94. The van der Waals surface area contributed by atoms with E-state index in [1.54, 1.807) is 0 Å². The Kier molecular flexibility index (Phi) is 5.21. The lowest BCUT2D eigenvalue weighted by molar-refractivity contribution is -0.136. The van der Waals surface area contributed by atoms with E-state index in [4.69, 9.17) is 16.3 Å². The Morgan fingerprint density at radius 2 is 2.09 bits per heavy atom. The molecular weight excluding hydrogens is 316 g/mol. The Balaban J connectivity index is 1.53. The summed E-state index contributed by atoms with van der Waals surface area (Å²) < 4.78 is 5.27. The molecule has 3 rings (SSSR count). The molecule has 2 aliphatic heterocycles. The lowest BCUT2D eigenvalue weighted by Gasteiger charge is -2.29. The highest BCUT2D eigenvalue weighted by atomic mass is 35.5. The fourth-order valence-electron chi connectivity index (χ4n) is 3.35. The standard InChI is InChI=1S/C17H23ClN2O3/c18-15-3-1-2-14(10-15)11-17(22)4-5-19(13-17)12-16(21)20-6-8-23-9-7-20/h1-3,10,22H,4-9,11-13H2. The van der Waals surface area contributed by atoms with Gasteiger partial charge in [0.1, 0.15) is 0 Å². The number of β-amino-alcohol motifs (C(OH)–C–C–N with tert-alkyl or cyclic N) is 1. The fourth-order valence-corrected chi connectivity index (χ4v) is 3.56. The Hall–Kier alpha value is -1.14. The van der Waals surface area contributed by atoms with Gasteiger partial charge in [-0.1, -0.05) is 23.7 Å². The summed E-state index contributed by atoms with van der Waals surface area (Å²) in [7, 11) is 0. The van der Waals surface area contributed by atoms with Crippen molar-refractivity contribution < 1.29 is 14.6 Å². The van der Waals surface area contributed by atoms with Gasteiger partial charge in [0.2, 0.25) is 5.91 Å². The van der Waals surface area contributed by atoms with E-state index >= 15 is 0 Å². The van der Waals surface area contributed by atoms with Crippen molar-refractivity contribution in [3.8, 4) is 0 Å². The van der Waals surface area contributed by atoms with Crippen molar-refractivity contribution in [3.05, 3.63) is 34.9 Å². The highest BCUT2D eigenvalue weighted by Gasteiger charge is 2.37. The summed E-state index contributed by atoms with van der Waals surface area (Å²) >= 11 is 6.01. The summed E-state index contributed by atoms with van der Waals surface area (Å²) in [6, 6.07) is 7.60. The molecule has 2 heterocycles. The molecule has 0 saturated carbocycles. The van der Waals surface area contributed by atoms with Gasteiger partial charge >= 0.3 is 0 Å². The lowest BCUT2D eigenvalue weighted by Crippen LogP contribution is -2.46. The predicted molar refractivity (Wildman–Crippen MR) is 88.6 cm³/mol. The normalized spacial score (nSPS) is 25.7. The first kappa shape index (κ1) is 16.7. The Morgan fingerprint density at radius 1 is 1.30 bits per heavy atom. The summed E-state index contributed by atoms with van der Waals surface area (Å²) in [6.45, 7) is 4.20. The van der Waals surface area contributed by atoms with Crippen molar-refractivity contribution >= 4 is 17.5 Å². The second-order valence-electron chi connectivity index (χ2n) is 6.48. The second-order valence-corrected chi connectivity index (χ2v) is 6.92. The number of halogens is 1. The number of hydrogen-bond acceptors (Lipinski definition) is 4. The number of amides is 1. The molecule has 1 N–H and O–H groups in total. The summed E-state index contributed by atoms with van der Waals surface area (Å²) in [6.07, 6.45) is 1.24. The third kappa shape index (κ3) is 4.44. The van der Waals surface area contributed by atoms with Gasteiger partial charge in [0.15, 0.2) is 0 Å². The number of benzene rings is 1. The van der Waals surface area contributed by atoms with Crippen LogP contribution in [0.2, 0.25) is 5.02 Å². The Labute approximate surface area is 141 Å². The summed E-state index contributed by atoms with van der Waals surface area (Å²) in [5, 5.41) is 11.5. The quantitative estimate of drug-likeness (QED) is 0.895. The Morgan fingerprint density at radius 3 is 2.83 bits per heavy atom. The monoisotopic (exact) mass is 338 g/mol. The minimum Gasteiger partial charge on any atom is -0.388 e. The van der Waals surface area contributed by atoms with Crippen molar-refractivity contribution in [1.82, 2.24) is 9.80 Å². The molecule has 0 spiro atoms. The first-order valence-electron chi connectivity index (χ1n) is 8.09. The number of nitrogens with zero attached hydrogens (tertiary/aromatic N) is 2. The molecule has 1 amide bonds. The summed E-state index contributed by atoms with van der Waals surface area (Å²) in [5.74, 6) is 0.125. The second kappa shape index (κ2) is 7.18. The number of carbonyl (C=O) groups excluding carboxylic acids is 1. The first-order chi connectivity index (χ1) is 11.0. The molecule has 1 aromatic carbocycles. The van der Waals surface area contributed by atoms with Crippen LogP contribution in [-0.2, 0) is 16.0 Å². The number of rotatable bonds is 4. The molecule has 1 aromatic rings. The van der Waals surface area contributed by atoms with E-state index in [1.807, 2.05) is 34.1 Å². The van der Waals surface area contributed by atoms with Crippen LogP contribution >= 0.6 is 11.6 Å².